The van der Waals surface area contributed by atoms with Crippen LogP contribution in [0.5, 0.6) is 0 Å². The Morgan fingerprint density at radius 3 is 2.33 bits per heavy atom. The van der Waals surface area contributed by atoms with Crippen molar-refractivity contribution in [3.8, 4) is 0 Å². The van der Waals surface area contributed by atoms with Crippen molar-refractivity contribution < 1.29 is 41.4 Å². The van der Waals surface area contributed by atoms with Gasteiger partial charge in [0.1, 0.15) is 29.3 Å². The van der Waals surface area contributed by atoms with Gasteiger partial charge in [-0.1, -0.05) is 22.0 Å². The summed E-state index contributed by atoms with van der Waals surface area (Å²) >= 11 is 3.38. The minimum Gasteiger partial charge on any atom is -0.480 e. The third-order valence-electron chi connectivity index (χ3n) is 5.13. The molecular weight excluding hydrogens is 519 g/mol. The molecule has 2 aromatic carbocycles. The van der Waals surface area contributed by atoms with Crippen LogP contribution in [-0.4, -0.2) is 35.2 Å². The van der Waals surface area contributed by atoms with Crippen LogP contribution in [0.15, 0.2) is 28.7 Å². The van der Waals surface area contributed by atoms with Gasteiger partial charge in [0.15, 0.2) is 0 Å². The number of fused-ring (bicyclic) bond motifs is 1. The average Bonchev–Trinajstić information content (AvgIpc) is 3.19. The molecule has 178 valence electrons. The third kappa shape index (κ3) is 5.61. The lowest BCUT2D eigenvalue weighted by Crippen LogP contribution is -2.43. The lowest BCUT2D eigenvalue weighted by Gasteiger charge is -2.20. The van der Waals surface area contributed by atoms with Gasteiger partial charge in [-0.25, -0.2) is 13.6 Å². The fraction of sp³-hybridized carbons (Fsp3) is 0.333. The second-order valence-corrected chi connectivity index (χ2v) is 8.30. The largest absolute Gasteiger partial charge is 0.480 e. The molecule has 0 bridgehead atoms. The highest BCUT2D eigenvalue weighted by atomic mass is 79.9. The fourth-order valence-electron chi connectivity index (χ4n) is 3.35. The summed E-state index contributed by atoms with van der Waals surface area (Å²) in [6, 6.07) is 0.818. The van der Waals surface area contributed by atoms with Gasteiger partial charge in [0.2, 0.25) is 0 Å². The molecule has 0 aromatic heterocycles. The zero-order chi connectivity index (χ0) is 24.5. The molecule has 1 aliphatic rings. The highest BCUT2D eigenvalue weighted by Gasteiger charge is 2.36. The number of aliphatic carboxylic acids is 1. The molecule has 1 heterocycles. The Kier molecular flexibility index (Phi) is 7.27. The molecule has 3 N–H and O–H groups in total. The van der Waals surface area contributed by atoms with Crippen LogP contribution in [0.3, 0.4) is 0 Å². The van der Waals surface area contributed by atoms with E-state index < -0.39 is 53.0 Å². The standard InChI is InChI=1S/C21H18BrF5N2O4/c1-9(21(25,26)27)28-11-5-15(23)18(16(24)6-11)19(30)29-17(20(31)32)4-10-2-3-14(22)13-8-33-7-12(10)13/h2-3,5-6,9,17,28H,4,7-8H2,1H3,(H,29,30)(H,31,32). The Morgan fingerprint density at radius 2 is 1.76 bits per heavy atom. The maximum absolute atomic E-state index is 14.4. The van der Waals surface area contributed by atoms with Crippen molar-refractivity contribution in [2.24, 2.45) is 0 Å². The van der Waals surface area contributed by atoms with E-state index in [1.807, 2.05) is 5.32 Å². The van der Waals surface area contributed by atoms with Gasteiger partial charge >= 0.3 is 12.1 Å². The second kappa shape index (κ2) is 9.64. The first-order chi connectivity index (χ1) is 15.4. The Balaban J connectivity index is 1.80. The fourth-order valence-corrected chi connectivity index (χ4v) is 3.84. The van der Waals surface area contributed by atoms with Crippen LogP contribution >= 0.6 is 15.9 Å². The molecule has 0 saturated carbocycles. The van der Waals surface area contributed by atoms with E-state index in [4.69, 9.17) is 4.74 Å². The van der Waals surface area contributed by atoms with E-state index in [1.54, 1.807) is 12.1 Å². The molecule has 0 spiro atoms. The van der Waals surface area contributed by atoms with Crippen molar-refractivity contribution in [3.05, 3.63) is 62.6 Å². The predicted molar refractivity (Wildman–Crippen MR) is 111 cm³/mol. The number of amides is 1. The van der Waals surface area contributed by atoms with Crippen molar-refractivity contribution in [2.75, 3.05) is 5.32 Å². The SMILES string of the molecule is CC(Nc1cc(F)c(C(=O)NC(Cc2ccc(Br)c3c2COC3)C(=O)O)c(F)c1)C(F)(F)F. The average molecular weight is 537 g/mol. The summed E-state index contributed by atoms with van der Waals surface area (Å²) in [4.78, 5) is 24.2. The van der Waals surface area contributed by atoms with E-state index in [0.29, 0.717) is 24.3 Å². The molecule has 2 atom stereocenters. The Labute approximate surface area is 193 Å². The summed E-state index contributed by atoms with van der Waals surface area (Å²) < 4.78 is 73.0. The van der Waals surface area contributed by atoms with Crippen LogP contribution < -0.4 is 10.6 Å². The zero-order valence-electron chi connectivity index (χ0n) is 17.0. The maximum atomic E-state index is 14.4. The number of nitrogens with one attached hydrogen (secondary N) is 2. The number of rotatable bonds is 7. The van der Waals surface area contributed by atoms with Crippen molar-refractivity contribution in [2.45, 2.75) is 44.8 Å². The molecule has 12 heteroatoms. The number of carbonyl (C=O) groups excluding carboxylic acids is 1. The summed E-state index contributed by atoms with van der Waals surface area (Å²) in [7, 11) is 0. The van der Waals surface area contributed by atoms with Crippen LogP contribution in [0.2, 0.25) is 0 Å². The summed E-state index contributed by atoms with van der Waals surface area (Å²) in [6.45, 7) is 1.34. The number of ether oxygens (including phenoxy) is 1. The Morgan fingerprint density at radius 1 is 1.15 bits per heavy atom. The zero-order valence-corrected chi connectivity index (χ0v) is 18.6. The van der Waals surface area contributed by atoms with E-state index in [2.05, 4.69) is 21.2 Å². The number of carboxylic acid groups (broad SMARTS) is 1. The van der Waals surface area contributed by atoms with Gasteiger partial charge < -0.3 is 20.5 Å². The third-order valence-corrected chi connectivity index (χ3v) is 5.88. The molecule has 0 radical (unpaired) electrons. The number of hydrogen-bond donors (Lipinski definition) is 3. The predicted octanol–water partition coefficient (Wildman–Crippen LogP) is 4.55. The first kappa shape index (κ1) is 24.9. The summed E-state index contributed by atoms with van der Waals surface area (Å²) in [5.41, 5.74) is 0.565. The molecular formula is C21H18BrF5N2O4. The molecule has 0 fully saturated rings. The minimum atomic E-state index is -4.66. The summed E-state index contributed by atoms with van der Waals surface area (Å²) in [6.07, 6.45) is -4.83. The van der Waals surface area contributed by atoms with Crippen molar-refractivity contribution in [1.29, 1.82) is 0 Å². The van der Waals surface area contributed by atoms with Gasteiger partial charge in [0.05, 0.1) is 13.2 Å². The highest BCUT2D eigenvalue weighted by Crippen LogP contribution is 2.31. The summed E-state index contributed by atoms with van der Waals surface area (Å²) in [5, 5.41) is 13.5. The van der Waals surface area contributed by atoms with Crippen LogP contribution in [-0.2, 0) is 29.2 Å². The Hall–Kier alpha value is -2.73. The van der Waals surface area contributed by atoms with Crippen molar-refractivity contribution in [3.63, 3.8) is 0 Å². The van der Waals surface area contributed by atoms with Gasteiger partial charge in [0, 0.05) is 16.6 Å². The van der Waals surface area contributed by atoms with Gasteiger partial charge in [-0.3, -0.25) is 4.79 Å². The molecule has 1 amide bonds. The molecule has 0 saturated heterocycles. The van der Waals surface area contributed by atoms with Crippen LogP contribution in [0.1, 0.15) is 34.0 Å². The normalized spacial score (nSPS) is 15.0. The monoisotopic (exact) mass is 536 g/mol. The number of carboxylic acids is 1. The number of alkyl halides is 3. The summed E-state index contributed by atoms with van der Waals surface area (Å²) in [5.74, 6) is -5.66. The molecule has 0 aliphatic carbocycles. The lowest BCUT2D eigenvalue weighted by atomic mass is 9.97. The van der Waals surface area contributed by atoms with Crippen molar-refractivity contribution in [1.82, 2.24) is 5.32 Å². The molecule has 33 heavy (non-hydrogen) atoms. The van der Waals surface area contributed by atoms with Gasteiger partial charge in [-0.05, 0) is 41.8 Å². The molecule has 3 rings (SSSR count). The van der Waals surface area contributed by atoms with Crippen molar-refractivity contribution >= 4 is 33.5 Å². The maximum Gasteiger partial charge on any atom is 0.408 e. The van der Waals surface area contributed by atoms with Crippen LogP contribution in [0.4, 0.5) is 27.6 Å². The number of anilines is 1. The molecule has 1 aliphatic heterocycles. The minimum absolute atomic E-state index is 0.175. The first-order valence-corrected chi connectivity index (χ1v) is 10.4. The molecule has 2 unspecified atom stereocenters. The topological polar surface area (TPSA) is 87.7 Å². The van der Waals surface area contributed by atoms with E-state index in [1.165, 1.54) is 0 Å². The molecule has 6 nitrogen and oxygen atoms in total. The number of hydrogen-bond acceptors (Lipinski definition) is 4. The lowest BCUT2D eigenvalue weighted by molar-refractivity contribution is -0.139. The van der Waals surface area contributed by atoms with Crippen LogP contribution in [0, 0.1) is 11.6 Å². The van der Waals surface area contributed by atoms with E-state index in [-0.39, 0.29) is 13.0 Å². The number of carbonyl (C=O) groups is 2. The second-order valence-electron chi connectivity index (χ2n) is 7.45. The smallest absolute Gasteiger partial charge is 0.408 e. The van der Waals surface area contributed by atoms with Gasteiger partial charge in [-0.15, -0.1) is 0 Å². The van der Waals surface area contributed by atoms with E-state index >= 15 is 0 Å². The molecule has 2 aromatic rings. The highest BCUT2D eigenvalue weighted by molar-refractivity contribution is 9.10. The first-order valence-electron chi connectivity index (χ1n) is 9.61. The van der Waals surface area contributed by atoms with Gasteiger partial charge in [-0.2, -0.15) is 13.2 Å². The number of benzene rings is 2. The quantitative estimate of drug-likeness (QED) is 0.452. The van der Waals surface area contributed by atoms with E-state index in [9.17, 15) is 36.6 Å². The van der Waals surface area contributed by atoms with Gasteiger partial charge in [0.25, 0.3) is 5.91 Å². The number of halogens is 6. The van der Waals surface area contributed by atoms with E-state index in [0.717, 1.165) is 22.5 Å². The Bertz CT molecular complexity index is 1070. The van der Waals surface area contributed by atoms with Crippen LogP contribution in [0.25, 0.3) is 0 Å².